The van der Waals surface area contributed by atoms with Gasteiger partial charge >= 0.3 is 23.6 Å². The van der Waals surface area contributed by atoms with Crippen LogP contribution in [0.15, 0.2) is 0 Å². The Balaban J connectivity index is 0.000000219. The summed E-state index contributed by atoms with van der Waals surface area (Å²) >= 11 is 0. The van der Waals surface area contributed by atoms with Crippen LogP contribution in [-0.2, 0) is 28.7 Å². The highest BCUT2D eigenvalue weighted by Crippen LogP contribution is 2.03. The number of barbiturate groups is 2. The van der Waals surface area contributed by atoms with Crippen molar-refractivity contribution in [1.82, 2.24) is 21.3 Å². The molecule has 3 heterocycles. The second-order valence-electron chi connectivity index (χ2n) is 5.04. The van der Waals surface area contributed by atoms with Crippen molar-refractivity contribution in [2.75, 3.05) is 26.4 Å². The first-order valence-corrected chi connectivity index (χ1v) is 7.27. The molecular weight excluding hydrogens is 392 g/mol. The summed E-state index contributed by atoms with van der Waals surface area (Å²) in [5.74, 6) is -12.1. The van der Waals surface area contributed by atoms with E-state index in [1.165, 1.54) is 21.3 Å². The van der Waals surface area contributed by atoms with Crippen LogP contribution in [0, 0.1) is 0 Å². The van der Waals surface area contributed by atoms with Gasteiger partial charge in [-0.25, -0.2) is 9.59 Å². The Morgan fingerprint density at radius 2 is 0.750 bits per heavy atom. The molecule has 16 heteroatoms. The zero-order valence-electron chi connectivity index (χ0n) is 13.9. The minimum Gasteiger partial charge on any atom is -0.377 e. The third-order valence-electron chi connectivity index (χ3n) is 2.92. The fourth-order valence-electron chi connectivity index (χ4n) is 1.47. The number of ether oxygens (including phenoxy) is 2. The Bertz CT molecular complexity index is 577. The lowest BCUT2D eigenvalue weighted by molar-refractivity contribution is -0.193. The topological polar surface area (TPSA) is 250 Å². The van der Waals surface area contributed by atoms with Crippen LogP contribution in [0.25, 0.3) is 0 Å². The lowest BCUT2D eigenvalue weighted by Crippen LogP contribution is -2.66. The molecule has 0 atom stereocenters. The van der Waals surface area contributed by atoms with Crippen molar-refractivity contribution in [3.05, 3.63) is 0 Å². The van der Waals surface area contributed by atoms with Gasteiger partial charge in [0.1, 0.15) is 0 Å². The van der Waals surface area contributed by atoms with Crippen LogP contribution in [0.2, 0.25) is 0 Å². The van der Waals surface area contributed by atoms with Gasteiger partial charge in [-0.1, -0.05) is 0 Å². The molecule has 3 saturated heterocycles. The van der Waals surface area contributed by atoms with Crippen molar-refractivity contribution < 1.29 is 58.7 Å². The SMILES string of the molecule is C1COCCO1.O=C1NC(=O)C(O)(O)C(=O)N1.O=C1NC(=O)C(O)(O)C(=O)N1. The van der Waals surface area contributed by atoms with Crippen LogP contribution in [0.4, 0.5) is 9.59 Å². The first-order chi connectivity index (χ1) is 12.9. The van der Waals surface area contributed by atoms with Gasteiger partial charge in [0.25, 0.3) is 23.6 Å². The summed E-state index contributed by atoms with van der Waals surface area (Å²) in [6.07, 6.45) is 0. The van der Waals surface area contributed by atoms with Crippen molar-refractivity contribution in [2.24, 2.45) is 0 Å². The molecule has 156 valence electrons. The fraction of sp³-hybridized carbons (Fsp3) is 0.500. The average molecular weight is 408 g/mol. The number of amides is 8. The second-order valence-corrected chi connectivity index (χ2v) is 5.04. The van der Waals surface area contributed by atoms with Crippen LogP contribution >= 0.6 is 0 Å². The number of hydrogen-bond acceptors (Lipinski definition) is 12. The van der Waals surface area contributed by atoms with E-state index in [4.69, 9.17) is 29.9 Å². The van der Waals surface area contributed by atoms with E-state index in [2.05, 4.69) is 0 Å². The summed E-state index contributed by atoms with van der Waals surface area (Å²) in [4.78, 5) is 62.3. The van der Waals surface area contributed by atoms with Crippen LogP contribution in [0.3, 0.4) is 0 Å². The molecule has 0 saturated carbocycles. The number of aliphatic hydroxyl groups is 4. The van der Waals surface area contributed by atoms with Gasteiger partial charge in [-0.2, -0.15) is 0 Å². The van der Waals surface area contributed by atoms with Crippen molar-refractivity contribution >= 4 is 35.7 Å². The lowest BCUT2D eigenvalue weighted by atomic mass is 10.2. The second kappa shape index (κ2) is 9.26. The van der Waals surface area contributed by atoms with Crippen molar-refractivity contribution in [3.63, 3.8) is 0 Å². The van der Waals surface area contributed by atoms with Gasteiger partial charge in [-0.05, 0) is 0 Å². The molecule has 28 heavy (non-hydrogen) atoms. The maximum atomic E-state index is 10.4. The highest BCUT2D eigenvalue weighted by Gasteiger charge is 2.48. The first-order valence-electron chi connectivity index (χ1n) is 7.27. The first kappa shape index (κ1) is 23.0. The summed E-state index contributed by atoms with van der Waals surface area (Å²) in [6, 6.07) is -2.14. The molecular formula is C12H16N4O12. The molecule has 0 aliphatic carbocycles. The molecule has 3 aliphatic rings. The number of rotatable bonds is 0. The molecule has 3 fully saturated rings. The summed E-state index contributed by atoms with van der Waals surface area (Å²) in [5.41, 5.74) is 0. The highest BCUT2D eigenvalue weighted by molar-refractivity contribution is 6.20. The Hall–Kier alpha value is -3.02. The van der Waals surface area contributed by atoms with Crippen LogP contribution in [-0.4, -0.2) is 94.1 Å². The number of nitrogens with one attached hydrogen (secondary N) is 4. The molecule has 0 radical (unpaired) electrons. The number of urea groups is 2. The van der Waals surface area contributed by atoms with Crippen molar-refractivity contribution in [2.45, 2.75) is 11.6 Å². The predicted octanol–water partition coefficient (Wildman–Crippen LogP) is -5.90. The molecule has 3 aliphatic heterocycles. The number of carbonyl (C=O) groups excluding carboxylic acids is 6. The molecule has 0 spiro atoms. The van der Waals surface area contributed by atoms with Gasteiger partial charge in [-0.3, -0.25) is 40.4 Å². The van der Waals surface area contributed by atoms with E-state index >= 15 is 0 Å². The van der Waals surface area contributed by atoms with Gasteiger partial charge in [-0.15, -0.1) is 0 Å². The molecule has 16 nitrogen and oxygen atoms in total. The average Bonchev–Trinajstić information content (AvgIpc) is 2.61. The van der Waals surface area contributed by atoms with E-state index < -0.39 is 47.3 Å². The van der Waals surface area contributed by atoms with E-state index in [0.717, 1.165) is 26.4 Å². The Labute approximate surface area is 154 Å². The smallest absolute Gasteiger partial charge is 0.328 e. The summed E-state index contributed by atoms with van der Waals surface area (Å²) < 4.78 is 9.89. The zero-order chi connectivity index (χ0) is 21.5. The Morgan fingerprint density at radius 1 is 0.536 bits per heavy atom. The molecule has 0 unspecified atom stereocenters. The molecule has 8 N–H and O–H groups in total. The summed E-state index contributed by atoms with van der Waals surface area (Å²) in [5, 5.41) is 40.4. The third kappa shape index (κ3) is 6.01. The predicted molar refractivity (Wildman–Crippen MR) is 79.3 cm³/mol. The Kier molecular flexibility index (Phi) is 7.61. The number of carbonyl (C=O) groups is 6. The third-order valence-corrected chi connectivity index (χ3v) is 2.92. The van der Waals surface area contributed by atoms with Crippen LogP contribution in [0.1, 0.15) is 0 Å². The van der Waals surface area contributed by atoms with E-state index in [1.807, 2.05) is 0 Å². The monoisotopic (exact) mass is 408 g/mol. The Morgan fingerprint density at radius 3 is 0.929 bits per heavy atom. The minimum atomic E-state index is -3.14. The molecule has 0 bridgehead atoms. The molecule has 0 aromatic rings. The van der Waals surface area contributed by atoms with E-state index in [1.54, 1.807) is 0 Å². The van der Waals surface area contributed by atoms with Gasteiger partial charge < -0.3 is 29.9 Å². The lowest BCUT2D eigenvalue weighted by Gasteiger charge is -2.22. The van der Waals surface area contributed by atoms with Crippen LogP contribution in [0.5, 0.6) is 0 Å². The van der Waals surface area contributed by atoms with Gasteiger partial charge in [0.05, 0.1) is 26.4 Å². The maximum absolute atomic E-state index is 10.4. The zero-order valence-corrected chi connectivity index (χ0v) is 13.9. The fourth-order valence-corrected chi connectivity index (χ4v) is 1.47. The van der Waals surface area contributed by atoms with Gasteiger partial charge in [0, 0.05) is 0 Å². The molecule has 0 aromatic heterocycles. The molecule has 3 rings (SSSR count). The van der Waals surface area contributed by atoms with Crippen LogP contribution < -0.4 is 21.3 Å². The number of imide groups is 4. The molecule has 0 aromatic carbocycles. The maximum Gasteiger partial charge on any atom is 0.328 e. The van der Waals surface area contributed by atoms with Gasteiger partial charge in [0.15, 0.2) is 0 Å². The van der Waals surface area contributed by atoms with Gasteiger partial charge in [0.2, 0.25) is 0 Å². The highest BCUT2D eigenvalue weighted by atomic mass is 16.6. The largest absolute Gasteiger partial charge is 0.377 e. The quantitative estimate of drug-likeness (QED) is 0.138. The summed E-state index contributed by atoms with van der Waals surface area (Å²) in [7, 11) is 0. The minimum absolute atomic E-state index is 0.778. The van der Waals surface area contributed by atoms with E-state index in [-0.39, 0.29) is 0 Å². The standard InChI is InChI=1S/2C4H4N2O5.C4H8O2/c2*7-1-4(10,11)2(8)6-3(9)5-1;1-2-6-4-3-5-1/h2*10-11H,(H2,5,6,7,8,9);1-4H2. The summed E-state index contributed by atoms with van der Waals surface area (Å²) in [6.45, 7) is 3.11. The normalized spacial score (nSPS) is 22.9. The van der Waals surface area contributed by atoms with Crippen molar-refractivity contribution in [1.29, 1.82) is 0 Å². The van der Waals surface area contributed by atoms with E-state index in [9.17, 15) is 28.8 Å². The van der Waals surface area contributed by atoms with E-state index in [0.29, 0.717) is 0 Å². The molecule has 8 amide bonds. The van der Waals surface area contributed by atoms with Crippen molar-refractivity contribution in [3.8, 4) is 0 Å². The number of hydrogen-bond donors (Lipinski definition) is 8.